The third-order valence-electron chi connectivity index (χ3n) is 3.45. The molecule has 5 nitrogen and oxygen atoms in total. The van der Waals surface area contributed by atoms with E-state index in [4.69, 9.17) is 16.9 Å². The predicted octanol–water partition coefficient (Wildman–Crippen LogP) is 2.01. The Morgan fingerprint density at radius 1 is 1.55 bits per heavy atom. The van der Waals surface area contributed by atoms with E-state index in [1.165, 1.54) is 11.4 Å². The molecular weight excluding hydrogens is 298 g/mol. The minimum Gasteiger partial charge on any atom is -0.198 e. The summed E-state index contributed by atoms with van der Waals surface area (Å²) in [7, 11) is -2.12. The molecule has 0 saturated heterocycles. The summed E-state index contributed by atoms with van der Waals surface area (Å²) in [5.41, 5.74) is 1.95. The minimum atomic E-state index is -3.58. The van der Waals surface area contributed by atoms with Crippen LogP contribution in [0.15, 0.2) is 18.2 Å². The molecule has 1 aromatic rings. The number of nitrogens with zero attached hydrogens (tertiary/aromatic N) is 2. The average molecular weight is 314 g/mol. The zero-order valence-corrected chi connectivity index (χ0v) is 12.7. The van der Waals surface area contributed by atoms with Gasteiger partial charge in [0.25, 0.3) is 10.2 Å². The van der Waals surface area contributed by atoms with E-state index in [9.17, 15) is 8.42 Å². The van der Waals surface area contributed by atoms with Crippen LogP contribution in [0.25, 0.3) is 0 Å². The summed E-state index contributed by atoms with van der Waals surface area (Å²) in [5.74, 6) is 0. The number of nitrogens with one attached hydrogen (secondary N) is 1. The van der Waals surface area contributed by atoms with Crippen molar-refractivity contribution < 1.29 is 8.42 Å². The summed E-state index contributed by atoms with van der Waals surface area (Å²) in [5, 5.41) is 9.20. The highest BCUT2D eigenvalue weighted by molar-refractivity contribution is 7.87. The molecule has 2 rings (SSSR count). The van der Waals surface area contributed by atoms with Crippen molar-refractivity contribution in [2.45, 2.75) is 25.3 Å². The molecule has 1 atom stereocenters. The van der Waals surface area contributed by atoms with E-state index < -0.39 is 10.2 Å². The molecule has 0 aromatic heterocycles. The fraction of sp³-hybridized carbons (Fsp3) is 0.462. The molecule has 0 radical (unpaired) electrons. The van der Waals surface area contributed by atoms with Gasteiger partial charge in [-0.05, 0) is 30.0 Å². The molecule has 0 aliphatic heterocycles. The van der Waals surface area contributed by atoms with Gasteiger partial charge in [0.05, 0.1) is 6.07 Å². The average Bonchev–Trinajstić information content (AvgIpc) is 2.80. The molecule has 1 N–H and O–H groups in total. The maximum Gasteiger partial charge on any atom is 0.279 e. The van der Waals surface area contributed by atoms with E-state index in [0.717, 1.165) is 17.5 Å². The van der Waals surface area contributed by atoms with Crippen molar-refractivity contribution >= 4 is 21.8 Å². The lowest BCUT2D eigenvalue weighted by atomic mass is 10.1. The molecule has 0 saturated carbocycles. The normalized spacial score (nSPS) is 18.0. The quantitative estimate of drug-likeness (QED) is 0.903. The standard InChI is InChI=1S/C13H16ClN3O2S/c1-17(9-3-8-15)20(18,19)16-13-7-6-10-11(13)4-2-5-12(10)14/h2,4-5,13,16H,3,6-7,9H2,1H3. The second-order valence-corrected chi connectivity index (χ2v) is 6.97. The smallest absolute Gasteiger partial charge is 0.198 e. The van der Waals surface area contributed by atoms with E-state index in [-0.39, 0.29) is 19.0 Å². The van der Waals surface area contributed by atoms with Gasteiger partial charge in [-0.1, -0.05) is 23.7 Å². The van der Waals surface area contributed by atoms with Crippen molar-refractivity contribution in [3.63, 3.8) is 0 Å². The van der Waals surface area contributed by atoms with Gasteiger partial charge in [-0.3, -0.25) is 0 Å². The van der Waals surface area contributed by atoms with Gasteiger partial charge in [-0.15, -0.1) is 0 Å². The molecule has 0 amide bonds. The zero-order valence-electron chi connectivity index (χ0n) is 11.1. The molecule has 0 heterocycles. The molecule has 20 heavy (non-hydrogen) atoms. The van der Waals surface area contributed by atoms with Crippen LogP contribution in [0.4, 0.5) is 0 Å². The zero-order chi connectivity index (χ0) is 14.8. The highest BCUT2D eigenvalue weighted by Crippen LogP contribution is 2.35. The molecule has 1 aliphatic rings. The number of hydrogen-bond acceptors (Lipinski definition) is 3. The molecule has 108 valence electrons. The van der Waals surface area contributed by atoms with Crippen molar-refractivity contribution in [3.05, 3.63) is 34.3 Å². The molecule has 0 fully saturated rings. The Kier molecular flexibility index (Phi) is 4.66. The Hall–Kier alpha value is -1.13. The van der Waals surface area contributed by atoms with Crippen LogP contribution in [0.5, 0.6) is 0 Å². The first-order valence-corrected chi connectivity index (χ1v) is 8.15. The molecule has 0 spiro atoms. The van der Waals surface area contributed by atoms with E-state index in [1.54, 1.807) is 0 Å². The van der Waals surface area contributed by atoms with Gasteiger partial charge in [0.15, 0.2) is 0 Å². The molecule has 7 heteroatoms. The Bertz CT molecular complexity index is 640. The molecule has 1 aliphatic carbocycles. The van der Waals surface area contributed by atoms with Crippen molar-refractivity contribution in [2.24, 2.45) is 0 Å². The Balaban J connectivity index is 2.13. The Labute approximate surface area is 124 Å². The highest BCUT2D eigenvalue weighted by Gasteiger charge is 2.29. The number of benzene rings is 1. The lowest BCUT2D eigenvalue weighted by Gasteiger charge is -2.20. The van der Waals surface area contributed by atoms with Gasteiger partial charge in [-0.2, -0.15) is 22.7 Å². The maximum absolute atomic E-state index is 12.2. The van der Waals surface area contributed by atoms with Crippen LogP contribution < -0.4 is 4.72 Å². The third kappa shape index (κ3) is 3.13. The van der Waals surface area contributed by atoms with Gasteiger partial charge in [0.1, 0.15) is 0 Å². The van der Waals surface area contributed by atoms with E-state index in [0.29, 0.717) is 11.4 Å². The van der Waals surface area contributed by atoms with Gasteiger partial charge in [0.2, 0.25) is 0 Å². The fourth-order valence-electron chi connectivity index (χ4n) is 2.33. The molecule has 1 aromatic carbocycles. The molecule has 1 unspecified atom stereocenters. The van der Waals surface area contributed by atoms with Crippen LogP contribution >= 0.6 is 11.6 Å². The summed E-state index contributed by atoms with van der Waals surface area (Å²) in [6, 6.07) is 7.23. The number of hydrogen-bond donors (Lipinski definition) is 1. The van der Waals surface area contributed by atoms with Crippen LogP contribution in [0.1, 0.15) is 30.0 Å². The lowest BCUT2D eigenvalue weighted by molar-refractivity contribution is 0.452. The van der Waals surface area contributed by atoms with Crippen LogP contribution in [0.3, 0.4) is 0 Å². The van der Waals surface area contributed by atoms with Crippen LogP contribution in [0.2, 0.25) is 5.02 Å². The highest BCUT2D eigenvalue weighted by atomic mass is 35.5. The lowest BCUT2D eigenvalue weighted by Crippen LogP contribution is -2.40. The molecular formula is C13H16ClN3O2S. The summed E-state index contributed by atoms with van der Waals surface area (Å²) in [4.78, 5) is 0. The maximum atomic E-state index is 12.2. The topological polar surface area (TPSA) is 73.2 Å². The van der Waals surface area contributed by atoms with Crippen molar-refractivity contribution in [1.82, 2.24) is 9.03 Å². The van der Waals surface area contributed by atoms with Gasteiger partial charge in [-0.25, -0.2) is 0 Å². The third-order valence-corrected chi connectivity index (χ3v) is 5.39. The van der Waals surface area contributed by atoms with Crippen LogP contribution in [-0.4, -0.2) is 26.3 Å². The Morgan fingerprint density at radius 2 is 2.30 bits per heavy atom. The largest absolute Gasteiger partial charge is 0.279 e. The SMILES string of the molecule is CN(CCC#N)S(=O)(=O)NC1CCc2c(Cl)cccc21. The van der Waals surface area contributed by atoms with Gasteiger partial charge < -0.3 is 0 Å². The van der Waals surface area contributed by atoms with Crippen molar-refractivity contribution in [1.29, 1.82) is 5.26 Å². The van der Waals surface area contributed by atoms with E-state index in [2.05, 4.69) is 4.72 Å². The monoisotopic (exact) mass is 313 g/mol. The number of fused-ring (bicyclic) bond motifs is 1. The first-order valence-electron chi connectivity index (χ1n) is 6.33. The number of nitriles is 1. The second-order valence-electron chi connectivity index (χ2n) is 4.75. The number of halogens is 1. The summed E-state index contributed by atoms with van der Waals surface area (Å²) in [6.45, 7) is 0.182. The Morgan fingerprint density at radius 3 is 3.00 bits per heavy atom. The molecule has 0 bridgehead atoms. The second kappa shape index (κ2) is 6.10. The van der Waals surface area contributed by atoms with Crippen LogP contribution in [0, 0.1) is 11.3 Å². The minimum absolute atomic E-state index is 0.171. The van der Waals surface area contributed by atoms with Crippen molar-refractivity contribution in [3.8, 4) is 6.07 Å². The summed E-state index contributed by atoms with van der Waals surface area (Å²) < 4.78 is 28.2. The van der Waals surface area contributed by atoms with Gasteiger partial charge >= 0.3 is 0 Å². The van der Waals surface area contributed by atoms with Crippen LogP contribution in [-0.2, 0) is 16.6 Å². The first-order chi connectivity index (χ1) is 9.45. The fourth-order valence-corrected chi connectivity index (χ4v) is 3.72. The summed E-state index contributed by atoms with van der Waals surface area (Å²) in [6.07, 6.45) is 1.64. The van der Waals surface area contributed by atoms with E-state index in [1.807, 2.05) is 24.3 Å². The first kappa shape index (κ1) is 15.3. The van der Waals surface area contributed by atoms with E-state index >= 15 is 0 Å². The predicted molar refractivity (Wildman–Crippen MR) is 77.4 cm³/mol. The number of rotatable bonds is 5. The summed E-state index contributed by atoms with van der Waals surface area (Å²) >= 11 is 6.11. The van der Waals surface area contributed by atoms with Crippen molar-refractivity contribution in [2.75, 3.05) is 13.6 Å². The van der Waals surface area contributed by atoms with Gasteiger partial charge in [0, 0.05) is 31.1 Å².